The smallest absolute Gasteiger partial charge is 0.232 e. The minimum Gasteiger partial charge on any atom is -0.423 e. The van der Waals surface area contributed by atoms with Crippen LogP contribution in [0, 0.1) is 0 Å². The van der Waals surface area contributed by atoms with E-state index in [-0.39, 0.29) is 12.0 Å². The summed E-state index contributed by atoms with van der Waals surface area (Å²) in [7, 11) is 0. The van der Waals surface area contributed by atoms with Gasteiger partial charge in [0.2, 0.25) is 11.8 Å². The zero-order chi connectivity index (χ0) is 9.26. The lowest BCUT2D eigenvalue weighted by atomic mass is 10.1. The molecule has 0 aliphatic carbocycles. The van der Waals surface area contributed by atoms with E-state index in [0.29, 0.717) is 18.4 Å². The summed E-state index contributed by atoms with van der Waals surface area (Å²) < 4.78 is 10.6. The molecule has 0 amide bonds. The van der Waals surface area contributed by atoms with Crippen LogP contribution >= 0.6 is 0 Å². The van der Waals surface area contributed by atoms with Gasteiger partial charge < -0.3 is 14.9 Å². The Morgan fingerprint density at radius 1 is 1.54 bits per heavy atom. The maximum atomic E-state index is 5.60. The van der Waals surface area contributed by atoms with E-state index in [1.165, 1.54) is 0 Å². The highest BCUT2D eigenvalue weighted by Crippen LogP contribution is 2.24. The maximum Gasteiger partial charge on any atom is 0.232 e. The highest BCUT2D eigenvalue weighted by molar-refractivity contribution is 4.95. The average Bonchev–Trinajstić information content (AvgIpc) is 2.75. The summed E-state index contributed by atoms with van der Waals surface area (Å²) in [6.45, 7) is 3.28. The molecule has 1 aliphatic rings. The summed E-state index contributed by atoms with van der Waals surface area (Å²) in [5.74, 6) is 1.42. The lowest BCUT2D eigenvalue weighted by molar-refractivity contribution is 0.190. The molecule has 0 aromatic carbocycles. The van der Waals surface area contributed by atoms with Crippen molar-refractivity contribution in [3.63, 3.8) is 0 Å². The van der Waals surface area contributed by atoms with Gasteiger partial charge in [0.05, 0.1) is 18.6 Å². The summed E-state index contributed by atoms with van der Waals surface area (Å²) >= 11 is 0. The van der Waals surface area contributed by atoms with Crippen molar-refractivity contribution in [2.75, 3.05) is 13.2 Å². The number of rotatable bonds is 2. The fraction of sp³-hybridized carbons (Fsp3) is 0.750. The molecule has 2 rings (SSSR count). The van der Waals surface area contributed by atoms with Gasteiger partial charge in [0.25, 0.3) is 0 Å². The minimum absolute atomic E-state index is 0.191. The summed E-state index contributed by atoms with van der Waals surface area (Å²) in [5, 5.41) is 7.81. The van der Waals surface area contributed by atoms with Gasteiger partial charge in [-0.2, -0.15) is 0 Å². The van der Waals surface area contributed by atoms with Crippen molar-refractivity contribution in [2.24, 2.45) is 5.73 Å². The van der Waals surface area contributed by atoms with Gasteiger partial charge in [-0.1, -0.05) is 0 Å². The number of nitrogens with two attached hydrogens (primary N) is 1. The van der Waals surface area contributed by atoms with Crippen LogP contribution < -0.4 is 5.73 Å². The van der Waals surface area contributed by atoms with Crippen molar-refractivity contribution < 1.29 is 9.15 Å². The fourth-order valence-corrected chi connectivity index (χ4v) is 1.32. The van der Waals surface area contributed by atoms with Crippen LogP contribution in [-0.2, 0) is 4.74 Å². The predicted molar refractivity (Wildman–Crippen MR) is 45.1 cm³/mol. The van der Waals surface area contributed by atoms with E-state index in [0.717, 1.165) is 13.0 Å². The van der Waals surface area contributed by atoms with Gasteiger partial charge in [0, 0.05) is 6.61 Å². The number of hydrogen-bond acceptors (Lipinski definition) is 5. The Kier molecular flexibility index (Phi) is 2.28. The van der Waals surface area contributed by atoms with Crippen LogP contribution in [0.15, 0.2) is 4.42 Å². The lowest BCUT2D eigenvalue weighted by Crippen LogP contribution is -2.04. The molecule has 2 heterocycles. The Balaban J connectivity index is 2.12. The Bertz CT molecular complexity index is 279. The predicted octanol–water partition coefficient (Wildman–Crippen LogP) is 0.593. The molecule has 1 aliphatic heterocycles. The van der Waals surface area contributed by atoms with Crippen molar-refractivity contribution >= 4 is 0 Å². The van der Waals surface area contributed by atoms with E-state index >= 15 is 0 Å². The first-order valence-corrected chi connectivity index (χ1v) is 4.44. The molecule has 0 saturated carbocycles. The molecule has 2 atom stereocenters. The molecular formula is C8H13N3O2. The third kappa shape index (κ3) is 1.71. The van der Waals surface area contributed by atoms with Crippen molar-refractivity contribution in [3.05, 3.63) is 11.8 Å². The van der Waals surface area contributed by atoms with Gasteiger partial charge in [0.15, 0.2) is 0 Å². The highest BCUT2D eigenvalue weighted by Gasteiger charge is 2.23. The number of hydrogen-bond donors (Lipinski definition) is 1. The Hall–Kier alpha value is -0.940. The first kappa shape index (κ1) is 8.65. The second-order valence-electron chi connectivity index (χ2n) is 3.33. The third-order valence-corrected chi connectivity index (χ3v) is 2.12. The van der Waals surface area contributed by atoms with E-state index in [9.17, 15) is 0 Å². The maximum absolute atomic E-state index is 5.60. The van der Waals surface area contributed by atoms with Crippen LogP contribution in [0.3, 0.4) is 0 Å². The molecule has 72 valence electrons. The fourth-order valence-electron chi connectivity index (χ4n) is 1.32. The van der Waals surface area contributed by atoms with Gasteiger partial charge >= 0.3 is 0 Å². The van der Waals surface area contributed by atoms with Crippen molar-refractivity contribution in [1.29, 1.82) is 0 Å². The minimum atomic E-state index is -0.191. The number of ether oxygens (including phenoxy) is 1. The van der Waals surface area contributed by atoms with E-state index in [1.54, 1.807) is 0 Å². The Morgan fingerprint density at radius 3 is 2.92 bits per heavy atom. The molecule has 13 heavy (non-hydrogen) atoms. The van der Waals surface area contributed by atoms with Crippen molar-refractivity contribution in [1.82, 2.24) is 10.2 Å². The molecule has 1 aromatic rings. The molecule has 5 nitrogen and oxygen atoms in total. The lowest BCUT2D eigenvalue weighted by Gasteiger charge is -1.99. The summed E-state index contributed by atoms with van der Waals surface area (Å²) in [5.41, 5.74) is 5.60. The van der Waals surface area contributed by atoms with Gasteiger partial charge in [-0.3, -0.25) is 0 Å². The molecule has 0 spiro atoms. The normalized spacial score (nSPS) is 24.9. The summed E-state index contributed by atoms with van der Waals surface area (Å²) in [6.07, 6.45) is 0.959. The summed E-state index contributed by atoms with van der Waals surface area (Å²) in [6, 6.07) is -0.191. The SMILES string of the molecule is CC(N)c1nnc(C2CCOC2)o1. The monoisotopic (exact) mass is 183 g/mol. The van der Waals surface area contributed by atoms with Gasteiger partial charge in [-0.05, 0) is 13.3 Å². The molecule has 1 fully saturated rings. The zero-order valence-corrected chi connectivity index (χ0v) is 7.56. The van der Waals surface area contributed by atoms with Crippen molar-refractivity contribution in [3.8, 4) is 0 Å². The van der Waals surface area contributed by atoms with Crippen LogP contribution in [0.2, 0.25) is 0 Å². The first-order chi connectivity index (χ1) is 6.27. The molecule has 0 bridgehead atoms. The van der Waals surface area contributed by atoms with E-state index in [2.05, 4.69) is 10.2 Å². The van der Waals surface area contributed by atoms with Gasteiger partial charge in [-0.15, -0.1) is 10.2 Å². The Morgan fingerprint density at radius 2 is 2.38 bits per heavy atom. The topological polar surface area (TPSA) is 74.2 Å². The molecule has 1 saturated heterocycles. The first-order valence-electron chi connectivity index (χ1n) is 4.44. The van der Waals surface area contributed by atoms with E-state index in [4.69, 9.17) is 14.9 Å². The number of aromatic nitrogens is 2. The standard InChI is InChI=1S/C8H13N3O2/c1-5(9)7-10-11-8(13-7)6-2-3-12-4-6/h5-6H,2-4,9H2,1H3. The second-order valence-corrected chi connectivity index (χ2v) is 3.33. The average molecular weight is 183 g/mol. The molecule has 2 N–H and O–H groups in total. The van der Waals surface area contributed by atoms with Crippen LogP contribution in [0.25, 0.3) is 0 Å². The van der Waals surface area contributed by atoms with E-state index < -0.39 is 0 Å². The number of nitrogens with zero attached hydrogens (tertiary/aromatic N) is 2. The largest absolute Gasteiger partial charge is 0.423 e. The van der Waals surface area contributed by atoms with Crippen LogP contribution in [-0.4, -0.2) is 23.4 Å². The van der Waals surface area contributed by atoms with Crippen LogP contribution in [0.4, 0.5) is 0 Å². The van der Waals surface area contributed by atoms with Gasteiger partial charge in [0.1, 0.15) is 0 Å². The molecule has 0 radical (unpaired) electrons. The van der Waals surface area contributed by atoms with E-state index in [1.807, 2.05) is 6.92 Å². The highest BCUT2D eigenvalue weighted by atomic mass is 16.5. The van der Waals surface area contributed by atoms with Gasteiger partial charge in [-0.25, -0.2) is 0 Å². The quantitative estimate of drug-likeness (QED) is 0.726. The zero-order valence-electron chi connectivity index (χ0n) is 7.56. The Labute approximate surface area is 76.3 Å². The van der Waals surface area contributed by atoms with Crippen molar-refractivity contribution in [2.45, 2.75) is 25.3 Å². The van der Waals surface area contributed by atoms with Crippen LogP contribution in [0.5, 0.6) is 0 Å². The summed E-state index contributed by atoms with van der Waals surface area (Å²) in [4.78, 5) is 0. The molecule has 1 aromatic heterocycles. The third-order valence-electron chi connectivity index (χ3n) is 2.12. The molecule has 5 heteroatoms. The van der Waals surface area contributed by atoms with Crippen LogP contribution in [0.1, 0.15) is 37.1 Å². The molecular weight excluding hydrogens is 170 g/mol. The molecule has 2 unspecified atom stereocenters. The second kappa shape index (κ2) is 3.43.